The first kappa shape index (κ1) is 26.6. The first-order valence-corrected chi connectivity index (χ1v) is 12.4. The lowest BCUT2D eigenvalue weighted by atomic mass is 9.94. The molecule has 3 aromatic carbocycles. The minimum Gasteiger partial charge on any atom is -0.481 e. The molecule has 8 heteroatoms. The number of aliphatic carboxylic acids is 1. The van der Waals surface area contributed by atoms with E-state index in [4.69, 9.17) is 11.6 Å². The summed E-state index contributed by atoms with van der Waals surface area (Å²) >= 11 is 5.95. The van der Waals surface area contributed by atoms with Crippen molar-refractivity contribution in [2.75, 3.05) is 6.54 Å². The number of amides is 2. The standard InChI is InChI=1S/C30H26ClN3O4/c31-23-13-11-21(12-14-23)19-33-29(37)26-9-3-1-7-24(26)25-8-2-4-10-27(25)30(38)34(17-15-28(35)36)20-22-6-5-16-32-18-22/h1-14,16,18H,15,17,19-20H2,(H,33,37)(H,35,36). The molecule has 2 N–H and O–H groups in total. The molecule has 1 heterocycles. The van der Waals surface area contributed by atoms with Crippen LogP contribution in [0, 0.1) is 0 Å². The summed E-state index contributed by atoms with van der Waals surface area (Å²) in [6, 6.07) is 24.9. The second-order valence-corrected chi connectivity index (χ2v) is 9.07. The van der Waals surface area contributed by atoms with E-state index in [-0.39, 0.29) is 31.3 Å². The Bertz CT molecular complexity index is 1430. The highest BCUT2D eigenvalue weighted by Crippen LogP contribution is 2.29. The topological polar surface area (TPSA) is 99.6 Å². The summed E-state index contributed by atoms with van der Waals surface area (Å²) in [4.78, 5) is 43.9. The number of aromatic nitrogens is 1. The Morgan fingerprint density at radius 2 is 1.47 bits per heavy atom. The zero-order valence-electron chi connectivity index (χ0n) is 20.5. The summed E-state index contributed by atoms with van der Waals surface area (Å²) in [5.74, 6) is -1.61. The number of pyridine rings is 1. The van der Waals surface area contributed by atoms with Gasteiger partial charge >= 0.3 is 5.97 Å². The van der Waals surface area contributed by atoms with Crippen LogP contribution >= 0.6 is 11.6 Å². The molecule has 4 aromatic rings. The van der Waals surface area contributed by atoms with Gasteiger partial charge in [0, 0.05) is 48.2 Å². The normalized spacial score (nSPS) is 10.6. The van der Waals surface area contributed by atoms with Crippen LogP contribution in [0.5, 0.6) is 0 Å². The first-order chi connectivity index (χ1) is 18.4. The maximum Gasteiger partial charge on any atom is 0.305 e. The third kappa shape index (κ3) is 6.83. The van der Waals surface area contributed by atoms with Gasteiger partial charge in [0.15, 0.2) is 0 Å². The van der Waals surface area contributed by atoms with E-state index in [9.17, 15) is 19.5 Å². The Balaban J connectivity index is 1.63. The van der Waals surface area contributed by atoms with Gasteiger partial charge in [-0.2, -0.15) is 0 Å². The van der Waals surface area contributed by atoms with E-state index >= 15 is 0 Å². The molecule has 0 aliphatic heterocycles. The van der Waals surface area contributed by atoms with Crippen molar-refractivity contribution in [3.8, 4) is 11.1 Å². The number of hydrogen-bond acceptors (Lipinski definition) is 4. The molecule has 4 rings (SSSR count). The van der Waals surface area contributed by atoms with Gasteiger partial charge < -0.3 is 15.3 Å². The largest absolute Gasteiger partial charge is 0.481 e. The van der Waals surface area contributed by atoms with Gasteiger partial charge in [-0.3, -0.25) is 19.4 Å². The SMILES string of the molecule is O=C(O)CCN(Cc1cccnc1)C(=O)c1ccccc1-c1ccccc1C(=O)NCc1ccc(Cl)cc1. The molecule has 0 spiro atoms. The van der Waals surface area contributed by atoms with E-state index < -0.39 is 5.97 Å². The Labute approximate surface area is 225 Å². The van der Waals surface area contributed by atoms with Crippen molar-refractivity contribution in [3.63, 3.8) is 0 Å². The van der Waals surface area contributed by atoms with Crippen LogP contribution in [0.15, 0.2) is 97.3 Å². The van der Waals surface area contributed by atoms with Crippen LogP contribution in [0.2, 0.25) is 5.02 Å². The Hall–Kier alpha value is -4.49. The highest BCUT2D eigenvalue weighted by molar-refractivity contribution is 6.30. The summed E-state index contributed by atoms with van der Waals surface area (Å²) in [5.41, 5.74) is 3.67. The molecule has 0 unspecified atom stereocenters. The predicted octanol–water partition coefficient (Wildman–Crippen LogP) is 5.45. The average molecular weight is 528 g/mol. The summed E-state index contributed by atoms with van der Waals surface area (Å²) in [7, 11) is 0. The van der Waals surface area contributed by atoms with E-state index in [1.807, 2.05) is 24.3 Å². The van der Waals surface area contributed by atoms with Gasteiger partial charge in [0.2, 0.25) is 0 Å². The molecule has 0 radical (unpaired) electrons. The molecule has 0 aliphatic rings. The van der Waals surface area contributed by atoms with Crippen molar-refractivity contribution in [3.05, 3.63) is 125 Å². The number of carboxylic acids is 1. The number of hydrogen-bond donors (Lipinski definition) is 2. The lowest BCUT2D eigenvalue weighted by molar-refractivity contribution is -0.137. The van der Waals surface area contributed by atoms with Gasteiger partial charge in [-0.25, -0.2) is 0 Å². The molecular formula is C30H26ClN3O4. The minimum atomic E-state index is -0.995. The molecule has 38 heavy (non-hydrogen) atoms. The predicted molar refractivity (Wildman–Crippen MR) is 146 cm³/mol. The fourth-order valence-electron chi connectivity index (χ4n) is 4.07. The molecule has 0 saturated heterocycles. The van der Waals surface area contributed by atoms with E-state index in [0.717, 1.165) is 11.1 Å². The van der Waals surface area contributed by atoms with Crippen molar-refractivity contribution >= 4 is 29.4 Å². The number of halogens is 1. The smallest absolute Gasteiger partial charge is 0.305 e. The van der Waals surface area contributed by atoms with Gasteiger partial charge in [0.05, 0.1) is 6.42 Å². The monoisotopic (exact) mass is 527 g/mol. The first-order valence-electron chi connectivity index (χ1n) is 12.0. The highest BCUT2D eigenvalue weighted by atomic mass is 35.5. The number of nitrogens with zero attached hydrogens (tertiary/aromatic N) is 2. The molecule has 0 aliphatic carbocycles. The molecule has 2 amide bonds. The van der Waals surface area contributed by atoms with Crippen molar-refractivity contribution in [2.24, 2.45) is 0 Å². The minimum absolute atomic E-state index is 0.0284. The van der Waals surface area contributed by atoms with Crippen LogP contribution in [0.25, 0.3) is 11.1 Å². The molecular weight excluding hydrogens is 502 g/mol. The quantitative estimate of drug-likeness (QED) is 0.286. The van der Waals surface area contributed by atoms with Crippen LogP contribution in [0.4, 0.5) is 0 Å². The number of carboxylic acid groups (broad SMARTS) is 1. The molecule has 7 nitrogen and oxygen atoms in total. The molecule has 192 valence electrons. The van der Waals surface area contributed by atoms with Crippen LogP contribution in [-0.4, -0.2) is 39.3 Å². The Morgan fingerprint density at radius 1 is 0.816 bits per heavy atom. The second-order valence-electron chi connectivity index (χ2n) is 8.63. The van der Waals surface area contributed by atoms with Crippen LogP contribution in [0.3, 0.4) is 0 Å². The second kappa shape index (κ2) is 12.7. The summed E-state index contributed by atoms with van der Waals surface area (Å²) in [6.07, 6.45) is 3.09. The van der Waals surface area contributed by atoms with Crippen molar-refractivity contribution in [1.82, 2.24) is 15.2 Å². The Morgan fingerprint density at radius 3 is 2.13 bits per heavy atom. The number of carbonyl (C=O) groups excluding carboxylic acids is 2. The average Bonchev–Trinajstić information content (AvgIpc) is 2.95. The van der Waals surface area contributed by atoms with Crippen LogP contribution in [-0.2, 0) is 17.9 Å². The number of carbonyl (C=O) groups is 3. The van der Waals surface area contributed by atoms with Crippen LogP contribution < -0.4 is 5.32 Å². The van der Waals surface area contributed by atoms with Crippen LogP contribution in [0.1, 0.15) is 38.3 Å². The Kier molecular flexibility index (Phi) is 8.85. The van der Waals surface area contributed by atoms with Gasteiger partial charge in [-0.05, 0) is 52.6 Å². The molecule has 0 fully saturated rings. The van der Waals surface area contributed by atoms with Crippen molar-refractivity contribution in [1.29, 1.82) is 0 Å². The third-order valence-corrected chi connectivity index (χ3v) is 6.22. The van der Waals surface area contributed by atoms with Gasteiger partial charge in [0.1, 0.15) is 0 Å². The third-order valence-electron chi connectivity index (χ3n) is 5.96. The van der Waals surface area contributed by atoms with Gasteiger partial charge in [-0.15, -0.1) is 0 Å². The lowest BCUT2D eigenvalue weighted by Gasteiger charge is -2.24. The zero-order chi connectivity index (χ0) is 26.9. The number of rotatable bonds is 10. The highest BCUT2D eigenvalue weighted by Gasteiger charge is 2.23. The van der Waals surface area contributed by atoms with Crippen molar-refractivity contribution in [2.45, 2.75) is 19.5 Å². The van der Waals surface area contributed by atoms with E-state index in [1.54, 1.807) is 73.1 Å². The van der Waals surface area contributed by atoms with E-state index in [0.29, 0.717) is 33.8 Å². The fraction of sp³-hybridized carbons (Fsp3) is 0.133. The maximum atomic E-state index is 13.8. The van der Waals surface area contributed by atoms with Gasteiger partial charge in [0.25, 0.3) is 11.8 Å². The van der Waals surface area contributed by atoms with E-state index in [1.165, 1.54) is 4.90 Å². The fourth-order valence-corrected chi connectivity index (χ4v) is 4.19. The number of benzene rings is 3. The van der Waals surface area contributed by atoms with E-state index in [2.05, 4.69) is 10.3 Å². The summed E-state index contributed by atoms with van der Waals surface area (Å²) in [5, 5.41) is 12.8. The molecule has 0 atom stereocenters. The maximum absolute atomic E-state index is 13.8. The molecule has 0 bridgehead atoms. The number of nitrogens with one attached hydrogen (secondary N) is 1. The zero-order valence-corrected chi connectivity index (χ0v) is 21.3. The summed E-state index contributed by atoms with van der Waals surface area (Å²) < 4.78 is 0. The molecule has 1 aromatic heterocycles. The lowest BCUT2D eigenvalue weighted by Crippen LogP contribution is -2.33. The summed E-state index contributed by atoms with van der Waals surface area (Å²) in [6.45, 7) is 0.553. The molecule has 0 saturated carbocycles. The van der Waals surface area contributed by atoms with Gasteiger partial charge in [-0.1, -0.05) is 66.2 Å². The van der Waals surface area contributed by atoms with Crippen molar-refractivity contribution < 1.29 is 19.5 Å².